The van der Waals surface area contributed by atoms with Crippen molar-refractivity contribution in [2.24, 2.45) is 0 Å². The van der Waals surface area contributed by atoms with Crippen molar-refractivity contribution in [3.8, 4) is 5.75 Å². The van der Waals surface area contributed by atoms with Crippen LogP contribution >= 0.6 is 0 Å². The van der Waals surface area contributed by atoms with E-state index in [4.69, 9.17) is 18.8 Å². The van der Waals surface area contributed by atoms with Crippen LogP contribution in [0.4, 0.5) is 18.0 Å². The molecule has 0 radical (unpaired) electrons. The molecule has 44 heavy (non-hydrogen) atoms. The Balaban J connectivity index is 1.32. The molecule has 0 saturated carbocycles. The van der Waals surface area contributed by atoms with Crippen molar-refractivity contribution in [3.05, 3.63) is 59.4 Å². The molecule has 2 saturated heterocycles. The van der Waals surface area contributed by atoms with Crippen LogP contribution in [0.5, 0.6) is 5.75 Å². The summed E-state index contributed by atoms with van der Waals surface area (Å²) in [6, 6.07) is 7.88. The van der Waals surface area contributed by atoms with Crippen molar-refractivity contribution in [2.45, 2.75) is 103 Å². The molecule has 8 nitrogen and oxygen atoms in total. The molecule has 0 bridgehead atoms. The van der Waals surface area contributed by atoms with Crippen molar-refractivity contribution in [2.75, 3.05) is 13.1 Å². The molecule has 2 heterocycles. The van der Waals surface area contributed by atoms with Crippen LogP contribution in [-0.2, 0) is 25.3 Å². The molecule has 2 aromatic carbocycles. The largest absolute Gasteiger partial charge is 0.494 e. The molecular formula is C32H42BF3N2O6. The second kappa shape index (κ2) is 13.0. The number of rotatable bonds is 8. The van der Waals surface area contributed by atoms with E-state index in [0.717, 1.165) is 11.5 Å². The van der Waals surface area contributed by atoms with Gasteiger partial charge in [-0.2, -0.15) is 0 Å². The Hall–Kier alpha value is -3.25. The van der Waals surface area contributed by atoms with Gasteiger partial charge in [-0.25, -0.2) is 18.0 Å². The summed E-state index contributed by atoms with van der Waals surface area (Å²) >= 11 is 0. The molecule has 1 N–H and O–H groups in total. The summed E-state index contributed by atoms with van der Waals surface area (Å²) in [5.41, 5.74) is -0.929. The molecule has 12 heteroatoms. The molecule has 0 unspecified atom stereocenters. The number of benzene rings is 2. The maximum atomic E-state index is 14.4. The standard InChI is InChI=1S/C32H42BF3N2O6/c1-30(2,3)42-29(40)37-22(16-20-17-26(35)27(36)19-25(20)34)18-28(39)38-14-12-24(13-15-38)41-23-10-8-21(9-11-23)33-43-31(4,5)32(6,7)44-33/h8-11,17,19,22,24H,12-16,18H2,1-7H3,(H,37,40)/t22-/m1/s1. The molecule has 4 rings (SSSR count). The first kappa shape index (κ1) is 33.6. The molecule has 2 aromatic rings. The average Bonchev–Trinajstić information content (AvgIpc) is 3.13. The lowest BCUT2D eigenvalue weighted by molar-refractivity contribution is -0.133. The first-order chi connectivity index (χ1) is 20.4. The highest BCUT2D eigenvalue weighted by Gasteiger charge is 2.51. The number of hydrogen-bond donors (Lipinski definition) is 1. The van der Waals surface area contributed by atoms with Crippen LogP contribution in [0, 0.1) is 17.5 Å². The minimum atomic E-state index is -1.31. The zero-order valence-electron chi connectivity index (χ0n) is 26.5. The molecule has 0 aliphatic carbocycles. The number of hydrogen-bond acceptors (Lipinski definition) is 6. The van der Waals surface area contributed by atoms with E-state index in [2.05, 4.69) is 5.32 Å². The summed E-state index contributed by atoms with van der Waals surface area (Å²) in [6.45, 7) is 13.9. The van der Waals surface area contributed by atoms with E-state index >= 15 is 0 Å². The minimum absolute atomic E-state index is 0.103. The molecule has 2 amide bonds. The summed E-state index contributed by atoms with van der Waals surface area (Å²) in [5.74, 6) is -3.06. The number of ether oxygens (including phenoxy) is 2. The lowest BCUT2D eigenvalue weighted by Gasteiger charge is -2.33. The predicted octanol–water partition coefficient (Wildman–Crippen LogP) is 5.30. The fourth-order valence-corrected chi connectivity index (χ4v) is 5.07. The van der Waals surface area contributed by atoms with Crippen LogP contribution in [0.15, 0.2) is 36.4 Å². The lowest BCUT2D eigenvalue weighted by atomic mass is 9.79. The van der Waals surface area contributed by atoms with Crippen molar-refractivity contribution in [1.82, 2.24) is 10.2 Å². The van der Waals surface area contributed by atoms with E-state index in [1.54, 1.807) is 25.7 Å². The highest BCUT2D eigenvalue weighted by atomic mass is 19.2. The van der Waals surface area contributed by atoms with Crippen LogP contribution in [0.25, 0.3) is 0 Å². The van der Waals surface area contributed by atoms with Gasteiger partial charge in [-0.3, -0.25) is 4.79 Å². The van der Waals surface area contributed by atoms with Gasteiger partial charge in [0.1, 0.15) is 23.3 Å². The number of carbonyl (C=O) groups excluding carboxylic acids is 2. The van der Waals surface area contributed by atoms with Gasteiger partial charge < -0.3 is 29.0 Å². The zero-order chi connectivity index (χ0) is 32.4. The minimum Gasteiger partial charge on any atom is -0.490 e. The number of carbonyl (C=O) groups is 2. The number of alkyl carbamates (subject to hydrolysis) is 1. The third-order valence-corrected chi connectivity index (χ3v) is 8.20. The van der Waals surface area contributed by atoms with Gasteiger partial charge in [0.05, 0.1) is 11.2 Å². The quantitative estimate of drug-likeness (QED) is 0.320. The van der Waals surface area contributed by atoms with Gasteiger partial charge in [-0.15, -0.1) is 0 Å². The lowest BCUT2D eigenvalue weighted by Crippen LogP contribution is -2.46. The second-order valence-electron chi connectivity index (χ2n) is 13.5. The Morgan fingerprint density at radius 2 is 1.55 bits per heavy atom. The van der Waals surface area contributed by atoms with Gasteiger partial charge in [-0.05, 0) is 84.1 Å². The van der Waals surface area contributed by atoms with E-state index in [-0.39, 0.29) is 30.4 Å². The fourth-order valence-electron chi connectivity index (χ4n) is 5.07. The van der Waals surface area contributed by atoms with Crippen LogP contribution < -0.4 is 15.5 Å². The summed E-state index contributed by atoms with van der Waals surface area (Å²) in [4.78, 5) is 27.4. The van der Waals surface area contributed by atoms with Gasteiger partial charge in [0.25, 0.3) is 0 Å². The first-order valence-electron chi connectivity index (χ1n) is 15.0. The summed E-state index contributed by atoms with van der Waals surface area (Å²) in [7, 11) is -0.462. The van der Waals surface area contributed by atoms with Crippen LogP contribution in [0.3, 0.4) is 0 Å². The molecule has 2 fully saturated rings. The zero-order valence-corrected chi connectivity index (χ0v) is 26.5. The normalized spacial score (nSPS) is 19.0. The summed E-state index contributed by atoms with van der Waals surface area (Å²) < 4.78 is 65.4. The van der Waals surface area contributed by atoms with Crippen LogP contribution in [-0.4, -0.2) is 66.1 Å². The van der Waals surface area contributed by atoms with E-state index in [1.165, 1.54) is 0 Å². The maximum Gasteiger partial charge on any atom is 0.494 e. The number of nitrogens with one attached hydrogen (secondary N) is 1. The van der Waals surface area contributed by atoms with Gasteiger partial charge in [0.2, 0.25) is 5.91 Å². The summed E-state index contributed by atoms with van der Waals surface area (Å²) in [5, 5.41) is 2.59. The second-order valence-corrected chi connectivity index (χ2v) is 13.5. The van der Waals surface area contributed by atoms with Gasteiger partial charge >= 0.3 is 13.2 Å². The van der Waals surface area contributed by atoms with Crippen LogP contribution in [0.1, 0.15) is 73.3 Å². The molecule has 2 aliphatic heterocycles. The third kappa shape index (κ3) is 8.47. The van der Waals surface area contributed by atoms with Crippen LogP contribution in [0.2, 0.25) is 0 Å². The van der Waals surface area contributed by atoms with E-state index in [1.807, 2.05) is 52.0 Å². The third-order valence-electron chi connectivity index (χ3n) is 8.20. The number of nitrogens with zero attached hydrogens (tertiary/aromatic N) is 1. The maximum absolute atomic E-state index is 14.4. The monoisotopic (exact) mass is 618 g/mol. The van der Waals surface area contributed by atoms with Crippen molar-refractivity contribution < 1.29 is 41.5 Å². The Morgan fingerprint density at radius 3 is 2.11 bits per heavy atom. The van der Waals surface area contributed by atoms with Crippen molar-refractivity contribution >= 4 is 24.6 Å². The summed E-state index contributed by atoms with van der Waals surface area (Å²) in [6.07, 6.45) is -0.123. The van der Waals surface area contributed by atoms with Crippen molar-refractivity contribution in [3.63, 3.8) is 0 Å². The molecule has 0 aromatic heterocycles. The Labute approximate surface area is 257 Å². The van der Waals surface area contributed by atoms with E-state index in [0.29, 0.717) is 37.7 Å². The fraction of sp³-hybridized carbons (Fsp3) is 0.562. The van der Waals surface area contributed by atoms with E-state index in [9.17, 15) is 22.8 Å². The number of likely N-dealkylation sites (tertiary alicyclic amines) is 1. The molecule has 2 aliphatic rings. The van der Waals surface area contributed by atoms with Gasteiger partial charge in [0, 0.05) is 44.5 Å². The van der Waals surface area contributed by atoms with Gasteiger partial charge in [0.15, 0.2) is 11.6 Å². The van der Waals surface area contributed by atoms with E-state index < -0.39 is 53.5 Å². The molecule has 1 atom stereocenters. The number of amides is 2. The Kier molecular flexibility index (Phi) is 9.95. The topological polar surface area (TPSA) is 86.3 Å². The SMILES string of the molecule is CC(C)(C)OC(=O)N[C@@H](CC(=O)N1CCC(Oc2ccc(B3OC(C)(C)C(C)(C)O3)cc2)CC1)Cc1cc(F)c(F)cc1F. The molecule has 0 spiro atoms. The number of piperidine rings is 1. The Bertz CT molecular complexity index is 1320. The molecular weight excluding hydrogens is 576 g/mol. The van der Waals surface area contributed by atoms with Gasteiger partial charge in [-0.1, -0.05) is 12.1 Å². The Morgan fingerprint density at radius 1 is 0.977 bits per heavy atom. The highest BCUT2D eigenvalue weighted by Crippen LogP contribution is 2.36. The smallest absolute Gasteiger partial charge is 0.490 e. The highest BCUT2D eigenvalue weighted by molar-refractivity contribution is 6.62. The first-order valence-corrected chi connectivity index (χ1v) is 15.0. The number of halogens is 3. The van der Waals surface area contributed by atoms with Crippen molar-refractivity contribution in [1.29, 1.82) is 0 Å². The predicted molar refractivity (Wildman–Crippen MR) is 160 cm³/mol. The molecule has 240 valence electrons. The average molecular weight is 619 g/mol.